The quantitative estimate of drug-likeness (QED) is 0.296. The number of aromatic hydroxyl groups is 1. The van der Waals surface area contributed by atoms with Crippen molar-refractivity contribution in [1.82, 2.24) is 0 Å². The van der Waals surface area contributed by atoms with Crippen molar-refractivity contribution in [1.29, 1.82) is 10.5 Å². The van der Waals surface area contributed by atoms with Gasteiger partial charge in [0.1, 0.15) is 23.6 Å². The average Bonchev–Trinajstić information content (AvgIpc) is 2.58. The van der Waals surface area contributed by atoms with E-state index in [2.05, 4.69) is 74.4 Å². The third kappa shape index (κ3) is 11.9. The van der Waals surface area contributed by atoms with Crippen LogP contribution in [0.25, 0.3) is 0 Å². The standard InChI is InChI=1S/C10H10BrNO.C7H4BrNO.C3H7I/c1-7(2)13-9-3-4-10(11)8(5-9)6-12;8-7-2-1-6(10)3-5(7)4-9;1-3(2)4/h3-5,7H,1-2H3;1-3,10H;3H,1-2H3. The van der Waals surface area contributed by atoms with Gasteiger partial charge in [0, 0.05) is 12.9 Å². The van der Waals surface area contributed by atoms with Crippen LogP contribution in [0.3, 0.4) is 0 Å². The molecule has 4 nitrogen and oxygen atoms in total. The van der Waals surface area contributed by atoms with Crippen LogP contribution in [-0.4, -0.2) is 15.1 Å². The number of halogens is 3. The summed E-state index contributed by atoms with van der Waals surface area (Å²) in [5.74, 6) is 0.842. The van der Waals surface area contributed by atoms with E-state index in [0.29, 0.717) is 15.6 Å². The Balaban J connectivity index is 0.000000428. The summed E-state index contributed by atoms with van der Waals surface area (Å²) in [5, 5.41) is 26.1. The first-order chi connectivity index (χ1) is 12.6. The maximum absolute atomic E-state index is 8.90. The van der Waals surface area contributed by atoms with Gasteiger partial charge in [-0.15, -0.1) is 0 Å². The van der Waals surface area contributed by atoms with E-state index in [-0.39, 0.29) is 11.9 Å². The highest BCUT2D eigenvalue weighted by Crippen LogP contribution is 2.22. The number of rotatable bonds is 2. The Labute approximate surface area is 191 Å². The van der Waals surface area contributed by atoms with Gasteiger partial charge in [0.05, 0.1) is 17.2 Å². The highest BCUT2D eigenvalue weighted by atomic mass is 127. The lowest BCUT2D eigenvalue weighted by atomic mass is 10.2. The number of benzene rings is 2. The largest absolute Gasteiger partial charge is 0.508 e. The van der Waals surface area contributed by atoms with Crippen LogP contribution in [0.5, 0.6) is 11.5 Å². The molecule has 144 valence electrons. The SMILES string of the molecule is CC(C)I.CC(C)Oc1ccc(Br)c(C#N)c1.N#Cc1cc(O)ccc1Br. The number of phenols is 1. The molecule has 0 aliphatic rings. The van der Waals surface area contributed by atoms with Crippen molar-refractivity contribution in [2.45, 2.75) is 37.7 Å². The summed E-state index contributed by atoms with van der Waals surface area (Å²) in [5.41, 5.74) is 1.04. The van der Waals surface area contributed by atoms with Gasteiger partial charge in [-0.25, -0.2) is 0 Å². The van der Waals surface area contributed by atoms with Gasteiger partial charge in [-0.05, 0) is 82.1 Å². The fourth-order valence-corrected chi connectivity index (χ4v) is 2.21. The lowest BCUT2D eigenvalue weighted by Gasteiger charge is -2.09. The molecular formula is C20H21Br2IN2O2. The molecule has 0 atom stereocenters. The third-order valence-electron chi connectivity index (χ3n) is 2.50. The minimum absolute atomic E-state index is 0.111. The molecule has 0 aromatic heterocycles. The highest BCUT2D eigenvalue weighted by molar-refractivity contribution is 14.1. The molecular weight excluding hydrogens is 587 g/mol. The topological polar surface area (TPSA) is 77.0 Å². The van der Waals surface area contributed by atoms with E-state index in [9.17, 15) is 0 Å². The third-order valence-corrected chi connectivity index (χ3v) is 3.88. The van der Waals surface area contributed by atoms with Gasteiger partial charge in [-0.1, -0.05) is 36.4 Å². The molecule has 2 rings (SSSR count). The Morgan fingerprint density at radius 3 is 1.78 bits per heavy atom. The van der Waals surface area contributed by atoms with Crippen LogP contribution in [0.15, 0.2) is 45.3 Å². The summed E-state index contributed by atoms with van der Waals surface area (Å²) < 4.78 is 7.74. The summed E-state index contributed by atoms with van der Waals surface area (Å²) in [7, 11) is 0. The Kier molecular flexibility index (Phi) is 13.2. The van der Waals surface area contributed by atoms with Crippen molar-refractivity contribution >= 4 is 54.5 Å². The molecule has 1 N–H and O–H groups in total. The first-order valence-corrected chi connectivity index (χ1v) is 10.8. The van der Waals surface area contributed by atoms with Crippen LogP contribution in [0.4, 0.5) is 0 Å². The van der Waals surface area contributed by atoms with Gasteiger partial charge in [0.25, 0.3) is 0 Å². The average molecular weight is 608 g/mol. The second-order valence-corrected chi connectivity index (χ2v) is 9.91. The number of ether oxygens (including phenoxy) is 1. The summed E-state index contributed by atoms with van der Waals surface area (Å²) in [6, 6.07) is 13.9. The number of hydrogen-bond acceptors (Lipinski definition) is 4. The number of alkyl halides is 1. The zero-order valence-corrected chi connectivity index (χ0v) is 20.8. The van der Waals surface area contributed by atoms with E-state index in [1.54, 1.807) is 12.1 Å². The van der Waals surface area contributed by atoms with Crippen LogP contribution in [0.1, 0.15) is 38.8 Å². The number of nitrogens with zero attached hydrogens (tertiary/aromatic N) is 2. The molecule has 0 radical (unpaired) electrons. The van der Waals surface area contributed by atoms with Gasteiger partial charge in [0.15, 0.2) is 0 Å². The van der Waals surface area contributed by atoms with Crippen LogP contribution in [-0.2, 0) is 0 Å². The van der Waals surface area contributed by atoms with Gasteiger partial charge in [0.2, 0.25) is 0 Å². The van der Waals surface area contributed by atoms with E-state index in [1.807, 2.05) is 32.0 Å². The van der Waals surface area contributed by atoms with Gasteiger partial charge in [-0.3, -0.25) is 0 Å². The Morgan fingerprint density at radius 2 is 1.37 bits per heavy atom. The zero-order valence-electron chi connectivity index (χ0n) is 15.5. The fourth-order valence-electron chi connectivity index (χ4n) is 1.53. The van der Waals surface area contributed by atoms with Crippen LogP contribution < -0.4 is 4.74 Å². The maximum atomic E-state index is 8.90. The molecule has 2 aromatic carbocycles. The lowest BCUT2D eigenvalue weighted by molar-refractivity contribution is 0.242. The van der Waals surface area contributed by atoms with Gasteiger partial charge >= 0.3 is 0 Å². The molecule has 0 bridgehead atoms. The summed E-state index contributed by atoms with van der Waals surface area (Å²) in [6.07, 6.45) is 0.132. The van der Waals surface area contributed by atoms with Crippen molar-refractivity contribution in [3.05, 3.63) is 56.5 Å². The monoisotopic (exact) mass is 606 g/mol. The molecule has 0 unspecified atom stereocenters. The molecule has 0 aliphatic carbocycles. The summed E-state index contributed by atoms with van der Waals surface area (Å²) in [4.78, 5) is 0. The molecule has 27 heavy (non-hydrogen) atoms. The fraction of sp³-hybridized carbons (Fsp3) is 0.300. The molecule has 0 saturated heterocycles. The molecule has 0 amide bonds. The number of phenolic OH excluding ortho intramolecular Hbond substituents is 1. The Morgan fingerprint density at radius 1 is 0.926 bits per heavy atom. The smallest absolute Gasteiger partial charge is 0.121 e. The summed E-state index contributed by atoms with van der Waals surface area (Å²) in [6.45, 7) is 8.21. The van der Waals surface area contributed by atoms with Crippen molar-refractivity contribution in [3.63, 3.8) is 0 Å². The van der Waals surface area contributed by atoms with Crippen LogP contribution in [0.2, 0.25) is 0 Å². The van der Waals surface area contributed by atoms with Crippen LogP contribution in [0, 0.1) is 22.7 Å². The second-order valence-electron chi connectivity index (χ2n) is 5.71. The van der Waals surface area contributed by atoms with E-state index in [0.717, 1.165) is 14.1 Å². The van der Waals surface area contributed by atoms with Crippen molar-refractivity contribution in [2.24, 2.45) is 0 Å². The molecule has 7 heteroatoms. The summed E-state index contributed by atoms with van der Waals surface area (Å²) >= 11 is 8.78. The van der Waals surface area contributed by atoms with Gasteiger partial charge < -0.3 is 9.84 Å². The number of hydrogen-bond donors (Lipinski definition) is 1. The molecule has 2 aromatic rings. The molecule has 0 saturated carbocycles. The van der Waals surface area contributed by atoms with Crippen molar-refractivity contribution < 1.29 is 9.84 Å². The lowest BCUT2D eigenvalue weighted by Crippen LogP contribution is -2.05. The normalized spacial score (nSPS) is 9.30. The van der Waals surface area contributed by atoms with Crippen LogP contribution >= 0.6 is 54.5 Å². The first kappa shape index (κ1) is 25.7. The van der Waals surface area contributed by atoms with E-state index < -0.39 is 0 Å². The highest BCUT2D eigenvalue weighted by Gasteiger charge is 2.02. The van der Waals surface area contributed by atoms with E-state index in [4.69, 9.17) is 20.4 Å². The zero-order chi connectivity index (χ0) is 21.0. The van der Waals surface area contributed by atoms with Crippen molar-refractivity contribution in [2.75, 3.05) is 0 Å². The molecule has 0 aliphatic heterocycles. The number of nitriles is 2. The molecule has 0 fully saturated rings. The van der Waals surface area contributed by atoms with E-state index >= 15 is 0 Å². The minimum Gasteiger partial charge on any atom is -0.508 e. The second kappa shape index (κ2) is 13.8. The molecule has 0 spiro atoms. The predicted molar refractivity (Wildman–Crippen MR) is 124 cm³/mol. The Hall–Kier alpha value is -1.29. The minimum atomic E-state index is 0.111. The Bertz CT molecular complexity index is 810. The van der Waals surface area contributed by atoms with Gasteiger partial charge in [-0.2, -0.15) is 10.5 Å². The van der Waals surface area contributed by atoms with E-state index in [1.165, 1.54) is 12.1 Å². The first-order valence-electron chi connectivity index (χ1n) is 7.99. The van der Waals surface area contributed by atoms with Crippen molar-refractivity contribution in [3.8, 4) is 23.6 Å². The maximum Gasteiger partial charge on any atom is 0.121 e. The predicted octanol–water partition coefficient (Wildman–Crippen LogP) is 6.96. The molecule has 0 heterocycles.